The zero-order valence-corrected chi connectivity index (χ0v) is 14.2. The largest absolute Gasteiger partial charge is 0.489 e. The summed E-state index contributed by atoms with van der Waals surface area (Å²) in [6.45, 7) is 1.67. The molecule has 5 nitrogen and oxygen atoms in total. The Balaban J connectivity index is 1.86. The quantitative estimate of drug-likeness (QED) is 0.668. The van der Waals surface area contributed by atoms with Crippen LogP contribution >= 0.6 is 0 Å². The molecule has 24 heavy (non-hydrogen) atoms. The molecule has 0 aliphatic rings. The average Bonchev–Trinajstić information content (AvgIpc) is 2.95. The summed E-state index contributed by atoms with van der Waals surface area (Å²) in [6, 6.07) is 14.0. The number of carbonyl (C=O) groups is 1. The van der Waals surface area contributed by atoms with E-state index in [1.807, 2.05) is 12.1 Å². The summed E-state index contributed by atoms with van der Waals surface area (Å²) in [5, 5.41) is 0. The number of fused-ring (bicyclic) bond motifs is 1. The van der Waals surface area contributed by atoms with E-state index < -0.39 is 9.84 Å². The highest BCUT2D eigenvalue weighted by Crippen LogP contribution is 2.21. The van der Waals surface area contributed by atoms with Gasteiger partial charge in [-0.05, 0) is 24.3 Å². The lowest BCUT2D eigenvalue weighted by molar-refractivity contribution is 0.101. The van der Waals surface area contributed by atoms with Gasteiger partial charge in [0.2, 0.25) is 0 Å². The van der Waals surface area contributed by atoms with Gasteiger partial charge in [0, 0.05) is 36.5 Å². The summed E-state index contributed by atoms with van der Waals surface area (Å²) in [5.74, 6) is 0.602. The topological polar surface area (TPSA) is 64.9 Å². The summed E-state index contributed by atoms with van der Waals surface area (Å²) in [5.41, 5.74) is 2.06. The van der Waals surface area contributed by atoms with Crippen LogP contribution in [0, 0.1) is 0 Å². The molecule has 2 aromatic heterocycles. The number of carbonyl (C=O) groups excluding carboxylic acids is 1. The fourth-order valence-corrected chi connectivity index (χ4v) is 3.54. The predicted molar refractivity (Wildman–Crippen MR) is 91.3 cm³/mol. The Labute approximate surface area is 140 Å². The second-order valence-corrected chi connectivity index (χ2v) is 7.58. The van der Waals surface area contributed by atoms with Gasteiger partial charge in [-0.15, -0.1) is 0 Å². The van der Waals surface area contributed by atoms with E-state index in [0.717, 1.165) is 5.52 Å². The van der Waals surface area contributed by atoms with Gasteiger partial charge >= 0.3 is 0 Å². The van der Waals surface area contributed by atoms with Gasteiger partial charge in [0.05, 0.1) is 10.6 Å². The second kappa shape index (κ2) is 6.13. The lowest BCUT2D eigenvalue weighted by Gasteiger charge is -2.10. The average molecular weight is 343 g/mol. The number of aromatic nitrogens is 1. The maximum Gasteiger partial charge on any atom is 0.176 e. The number of benzene rings is 1. The van der Waals surface area contributed by atoms with Crippen LogP contribution in [0.5, 0.6) is 5.75 Å². The molecule has 3 rings (SSSR count). The van der Waals surface area contributed by atoms with Crippen molar-refractivity contribution < 1.29 is 17.9 Å². The number of sulfone groups is 1. The summed E-state index contributed by atoms with van der Waals surface area (Å²) >= 11 is 0. The Hall–Kier alpha value is -2.60. The normalized spacial score (nSPS) is 11.6. The molecule has 0 N–H and O–H groups in total. The van der Waals surface area contributed by atoms with Crippen LogP contribution in [0.4, 0.5) is 0 Å². The number of ketones is 1. The van der Waals surface area contributed by atoms with Gasteiger partial charge in [0.1, 0.15) is 12.4 Å². The molecule has 6 heteroatoms. The first kappa shape index (κ1) is 16.3. The van der Waals surface area contributed by atoms with Gasteiger partial charge in [0.25, 0.3) is 0 Å². The number of ether oxygens (including phenoxy) is 1. The predicted octanol–water partition coefficient (Wildman–Crippen LogP) is 3.12. The fourth-order valence-electron chi connectivity index (χ4n) is 2.61. The van der Waals surface area contributed by atoms with Gasteiger partial charge < -0.3 is 9.14 Å². The highest BCUT2D eigenvalue weighted by Gasteiger charge is 2.13. The molecule has 0 radical (unpaired) electrons. The van der Waals surface area contributed by atoms with E-state index in [-0.39, 0.29) is 17.3 Å². The van der Waals surface area contributed by atoms with Gasteiger partial charge in [-0.1, -0.05) is 18.2 Å². The summed E-state index contributed by atoms with van der Waals surface area (Å²) in [6.07, 6.45) is 2.95. The molecule has 0 unspecified atom stereocenters. The van der Waals surface area contributed by atoms with Crippen molar-refractivity contribution in [2.24, 2.45) is 0 Å². The molecular weight excluding hydrogens is 326 g/mol. The zero-order chi connectivity index (χ0) is 17.3. The maximum atomic E-state index is 11.8. The number of Topliss-reactive ketones (excluding diaryl/α,β-unsaturated/α-hetero) is 1. The first-order valence-electron chi connectivity index (χ1n) is 7.39. The van der Waals surface area contributed by atoms with Gasteiger partial charge in [0.15, 0.2) is 15.6 Å². The highest BCUT2D eigenvalue weighted by atomic mass is 32.2. The second-order valence-electron chi connectivity index (χ2n) is 5.60. The molecule has 1 aromatic carbocycles. The van der Waals surface area contributed by atoms with Crippen LogP contribution < -0.4 is 4.74 Å². The van der Waals surface area contributed by atoms with E-state index in [2.05, 4.69) is 0 Å². The van der Waals surface area contributed by atoms with Crippen molar-refractivity contribution in [3.63, 3.8) is 0 Å². The number of rotatable bonds is 5. The smallest absolute Gasteiger partial charge is 0.176 e. The van der Waals surface area contributed by atoms with Gasteiger partial charge in [-0.25, -0.2) is 8.42 Å². The van der Waals surface area contributed by atoms with Crippen molar-refractivity contribution in [2.75, 3.05) is 6.26 Å². The number of nitrogens with zero attached hydrogens (tertiary/aromatic N) is 1. The van der Waals surface area contributed by atoms with Gasteiger partial charge in [-0.2, -0.15) is 0 Å². The van der Waals surface area contributed by atoms with Crippen LogP contribution in [0.15, 0.2) is 59.6 Å². The van der Waals surface area contributed by atoms with E-state index in [0.29, 0.717) is 17.0 Å². The maximum absolute atomic E-state index is 11.8. The molecule has 0 saturated carbocycles. The molecule has 0 bridgehead atoms. The van der Waals surface area contributed by atoms with E-state index in [4.69, 9.17) is 4.74 Å². The minimum Gasteiger partial charge on any atom is -0.489 e. The minimum absolute atomic E-state index is 0.00857. The van der Waals surface area contributed by atoms with Crippen molar-refractivity contribution in [3.8, 4) is 5.75 Å². The van der Waals surface area contributed by atoms with Crippen LogP contribution in [0.2, 0.25) is 0 Å². The molecule has 3 aromatic rings. The number of pyridine rings is 1. The Morgan fingerprint density at radius 3 is 2.58 bits per heavy atom. The molecular formula is C18H17NO4S. The third-order valence-electron chi connectivity index (χ3n) is 3.75. The van der Waals surface area contributed by atoms with Crippen LogP contribution in [-0.4, -0.2) is 24.9 Å². The molecule has 0 amide bonds. The molecule has 0 aliphatic carbocycles. The Morgan fingerprint density at radius 1 is 1.12 bits per heavy atom. The van der Waals surface area contributed by atoms with Crippen molar-refractivity contribution >= 4 is 21.1 Å². The van der Waals surface area contributed by atoms with Crippen molar-refractivity contribution in [1.29, 1.82) is 0 Å². The van der Waals surface area contributed by atoms with Crippen LogP contribution in [0.1, 0.15) is 23.0 Å². The number of hydrogen-bond donors (Lipinski definition) is 0. The molecule has 0 fully saturated rings. The Kier molecular flexibility index (Phi) is 4.15. The zero-order valence-electron chi connectivity index (χ0n) is 13.4. The molecule has 0 aliphatic heterocycles. The Morgan fingerprint density at radius 2 is 1.88 bits per heavy atom. The molecule has 124 valence electrons. The van der Waals surface area contributed by atoms with Crippen molar-refractivity contribution in [2.45, 2.75) is 18.4 Å². The van der Waals surface area contributed by atoms with E-state index in [1.165, 1.54) is 13.2 Å². The third-order valence-corrected chi connectivity index (χ3v) is 4.95. The summed E-state index contributed by atoms with van der Waals surface area (Å²) < 4.78 is 31.2. The molecule has 0 atom stereocenters. The van der Waals surface area contributed by atoms with Gasteiger partial charge in [-0.3, -0.25) is 4.79 Å². The molecule has 0 spiro atoms. The minimum atomic E-state index is -3.30. The lowest BCUT2D eigenvalue weighted by atomic mass is 10.2. The molecule has 2 heterocycles. The summed E-state index contributed by atoms with van der Waals surface area (Å²) in [7, 11) is -3.30. The van der Waals surface area contributed by atoms with Crippen LogP contribution in [0.25, 0.3) is 5.52 Å². The van der Waals surface area contributed by atoms with E-state index in [9.17, 15) is 13.2 Å². The monoisotopic (exact) mass is 343 g/mol. The first-order chi connectivity index (χ1) is 11.4. The van der Waals surface area contributed by atoms with Crippen molar-refractivity contribution in [3.05, 3.63) is 66.0 Å². The SMILES string of the molecule is CC(=O)c1ccc2cc(OCc3ccccc3S(C)(=O)=O)ccn12. The lowest BCUT2D eigenvalue weighted by Crippen LogP contribution is -2.05. The van der Waals surface area contributed by atoms with E-state index >= 15 is 0 Å². The fraction of sp³-hybridized carbons (Fsp3) is 0.167. The molecule has 0 saturated heterocycles. The standard InChI is InChI=1S/C18H17NO4S/c1-13(20)17-8-7-15-11-16(9-10-19(15)17)23-12-14-5-3-4-6-18(14)24(2,21)22/h3-11H,12H2,1-2H3. The van der Waals surface area contributed by atoms with Crippen LogP contribution in [-0.2, 0) is 16.4 Å². The Bertz CT molecular complexity index is 1020. The van der Waals surface area contributed by atoms with Crippen molar-refractivity contribution in [1.82, 2.24) is 4.40 Å². The number of hydrogen-bond acceptors (Lipinski definition) is 4. The first-order valence-corrected chi connectivity index (χ1v) is 9.28. The van der Waals surface area contributed by atoms with Crippen LogP contribution in [0.3, 0.4) is 0 Å². The highest BCUT2D eigenvalue weighted by molar-refractivity contribution is 7.90. The third kappa shape index (κ3) is 3.19. The summed E-state index contributed by atoms with van der Waals surface area (Å²) in [4.78, 5) is 11.8. The van der Waals surface area contributed by atoms with E-state index in [1.54, 1.807) is 47.0 Å².